The number of amides is 2. The molecule has 0 radical (unpaired) electrons. The third-order valence-electron chi connectivity index (χ3n) is 2.08. The minimum atomic E-state index is -1.19. The second-order valence-electron chi connectivity index (χ2n) is 3.45. The molecule has 8 heteroatoms. The molecule has 0 aromatic heterocycles. The zero-order valence-corrected chi connectivity index (χ0v) is 9.45. The van der Waals surface area contributed by atoms with Crippen molar-refractivity contribution < 1.29 is 19.9 Å². The fourth-order valence-electron chi connectivity index (χ4n) is 1.16. The zero-order chi connectivity index (χ0) is 13.7. The Morgan fingerprint density at radius 2 is 2.00 bits per heavy atom. The van der Waals surface area contributed by atoms with E-state index in [4.69, 9.17) is 10.3 Å². The summed E-state index contributed by atoms with van der Waals surface area (Å²) in [6.07, 6.45) is 0. The van der Waals surface area contributed by atoms with Crippen LogP contribution in [0.4, 0.5) is 16.2 Å². The van der Waals surface area contributed by atoms with Gasteiger partial charge in [-0.15, -0.1) is 0 Å². The molecule has 1 atom stereocenters. The number of carbonyl (C=O) groups excluding carboxylic acids is 1. The Balaban J connectivity index is 2.73. The van der Waals surface area contributed by atoms with Gasteiger partial charge < -0.3 is 26.2 Å². The third kappa shape index (κ3) is 3.61. The van der Waals surface area contributed by atoms with Gasteiger partial charge in [-0.1, -0.05) is 12.1 Å². The van der Waals surface area contributed by atoms with Crippen LogP contribution in [0.1, 0.15) is 6.92 Å². The van der Waals surface area contributed by atoms with Crippen molar-refractivity contribution in [3.63, 3.8) is 0 Å². The molecule has 98 valence electrons. The van der Waals surface area contributed by atoms with Crippen molar-refractivity contribution in [2.24, 2.45) is 0 Å². The lowest BCUT2D eigenvalue weighted by Crippen LogP contribution is -2.41. The third-order valence-corrected chi connectivity index (χ3v) is 2.08. The lowest BCUT2D eigenvalue weighted by atomic mass is 10.2. The van der Waals surface area contributed by atoms with Gasteiger partial charge in [0, 0.05) is 0 Å². The molecule has 0 aliphatic heterocycles. The van der Waals surface area contributed by atoms with Gasteiger partial charge in [0.2, 0.25) is 0 Å². The van der Waals surface area contributed by atoms with E-state index in [1.807, 2.05) is 0 Å². The Bertz CT molecular complexity index is 449. The van der Waals surface area contributed by atoms with E-state index >= 15 is 0 Å². The SMILES string of the molecule is C[C@H](NC(=O)Nc1ccccc1N([O-])O)C(=O)O. The number of rotatable bonds is 4. The first-order valence-corrected chi connectivity index (χ1v) is 4.97. The molecule has 4 N–H and O–H groups in total. The predicted molar refractivity (Wildman–Crippen MR) is 63.3 cm³/mol. The Kier molecular flexibility index (Phi) is 4.46. The molecular weight excluding hydrogens is 242 g/mol. The van der Waals surface area contributed by atoms with Gasteiger partial charge in [-0.25, -0.2) is 4.79 Å². The molecule has 18 heavy (non-hydrogen) atoms. The van der Waals surface area contributed by atoms with Gasteiger partial charge in [-0.05, 0) is 19.1 Å². The molecule has 1 aromatic rings. The van der Waals surface area contributed by atoms with Crippen LogP contribution in [0.3, 0.4) is 0 Å². The summed E-state index contributed by atoms with van der Waals surface area (Å²) in [5, 5.41) is 32.2. The van der Waals surface area contributed by atoms with Gasteiger partial charge in [-0.2, -0.15) is 0 Å². The summed E-state index contributed by atoms with van der Waals surface area (Å²) < 4.78 is 0. The second-order valence-corrected chi connectivity index (χ2v) is 3.45. The van der Waals surface area contributed by atoms with E-state index in [-0.39, 0.29) is 11.4 Å². The number of nitrogens with zero attached hydrogens (tertiary/aromatic N) is 1. The Labute approximate surface area is 102 Å². The van der Waals surface area contributed by atoms with Crippen molar-refractivity contribution in [3.8, 4) is 0 Å². The maximum atomic E-state index is 11.4. The van der Waals surface area contributed by atoms with E-state index in [2.05, 4.69) is 10.6 Å². The summed E-state index contributed by atoms with van der Waals surface area (Å²) in [4.78, 5) is 21.9. The number of hydrogen-bond acceptors (Lipinski definition) is 5. The molecule has 0 saturated heterocycles. The van der Waals surface area contributed by atoms with Gasteiger partial charge in [0.25, 0.3) is 0 Å². The fourth-order valence-corrected chi connectivity index (χ4v) is 1.16. The highest BCUT2D eigenvalue weighted by Gasteiger charge is 2.14. The summed E-state index contributed by atoms with van der Waals surface area (Å²) in [7, 11) is 0. The lowest BCUT2D eigenvalue weighted by Gasteiger charge is -2.24. The topological polar surface area (TPSA) is 125 Å². The number of para-hydroxylation sites is 2. The van der Waals surface area contributed by atoms with E-state index in [9.17, 15) is 14.8 Å². The molecule has 0 spiro atoms. The molecule has 0 heterocycles. The van der Waals surface area contributed by atoms with E-state index in [1.165, 1.54) is 25.1 Å². The van der Waals surface area contributed by atoms with Gasteiger partial charge in [0.15, 0.2) is 0 Å². The van der Waals surface area contributed by atoms with Crippen LogP contribution in [-0.4, -0.2) is 28.4 Å². The quantitative estimate of drug-likeness (QED) is 0.593. The number of anilines is 2. The van der Waals surface area contributed by atoms with Gasteiger partial charge in [-0.3, -0.25) is 10.0 Å². The Morgan fingerprint density at radius 3 is 2.56 bits per heavy atom. The summed E-state index contributed by atoms with van der Waals surface area (Å²) in [5.41, 5.74) is -0.0966. The summed E-state index contributed by atoms with van der Waals surface area (Å²) in [5.74, 6) is -1.19. The van der Waals surface area contributed by atoms with E-state index in [0.29, 0.717) is 0 Å². The van der Waals surface area contributed by atoms with Crippen LogP contribution in [0, 0.1) is 5.21 Å². The molecule has 1 rings (SSSR count). The molecule has 2 amide bonds. The molecule has 0 aliphatic rings. The molecule has 0 saturated carbocycles. The van der Waals surface area contributed by atoms with Crippen molar-refractivity contribution in [2.45, 2.75) is 13.0 Å². The van der Waals surface area contributed by atoms with Crippen molar-refractivity contribution in [2.75, 3.05) is 10.5 Å². The molecule has 0 unspecified atom stereocenters. The highest BCUT2D eigenvalue weighted by Crippen LogP contribution is 2.23. The van der Waals surface area contributed by atoms with Crippen molar-refractivity contribution in [3.05, 3.63) is 29.5 Å². The average Bonchev–Trinajstić information content (AvgIpc) is 2.28. The number of carboxylic acid groups (broad SMARTS) is 1. The van der Waals surface area contributed by atoms with Gasteiger partial charge in [0.1, 0.15) is 6.04 Å². The van der Waals surface area contributed by atoms with E-state index < -0.39 is 23.3 Å². The first-order valence-electron chi connectivity index (χ1n) is 4.97. The minimum Gasteiger partial charge on any atom is -0.733 e. The highest BCUT2D eigenvalue weighted by molar-refractivity contribution is 5.95. The molecular formula is C10H12N3O5-. The fraction of sp³-hybridized carbons (Fsp3) is 0.200. The van der Waals surface area contributed by atoms with Crippen LogP contribution in [0.5, 0.6) is 0 Å². The number of carboxylic acids is 1. The lowest BCUT2D eigenvalue weighted by molar-refractivity contribution is -0.138. The zero-order valence-electron chi connectivity index (χ0n) is 9.45. The molecule has 8 nitrogen and oxygen atoms in total. The van der Waals surface area contributed by atoms with Crippen molar-refractivity contribution in [1.29, 1.82) is 0 Å². The second kappa shape index (κ2) is 5.84. The highest BCUT2D eigenvalue weighted by atomic mass is 16.8. The van der Waals surface area contributed by atoms with Crippen LogP contribution in [0.15, 0.2) is 24.3 Å². The molecule has 1 aromatic carbocycles. The number of carbonyl (C=O) groups is 2. The van der Waals surface area contributed by atoms with Crippen LogP contribution in [0.2, 0.25) is 0 Å². The minimum absolute atomic E-state index is 0.0603. The van der Waals surface area contributed by atoms with E-state index in [0.717, 1.165) is 0 Å². The summed E-state index contributed by atoms with van der Waals surface area (Å²) in [6.45, 7) is 1.29. The van der Waals surface area contributed by atoms with Crippen molar-refractivity contribution in [1.82, 2.24) is 5.32 Å². The largest absolute Gasteiger partial charge is 0.733 e. The monoisotopic (exact) mass is 254 g/mol. The van der Waals surface area contributed by atoms with E-state index in [1.54, 1.807) is 6.07 Å². The van der Waals surface area contributed by atoms with Gasteiger partial charge in [0.05, 0.1) is 11.4 Å². The number of nitrogens with one attached hydrogen (secondary N) is 2. The number of hydrogen-bond donors (Lipinski definition) is 4. The maximum absolute atomic E-state index is 11.4. The first-order chi connectivity index (χ1) is 8.41. The predicted octanol–water partition coefficient (Wildman–Crippen LogP) is 0.975. The number of benzene rings is 1. The van der Waals surface area contributed by atoms with Crippen LogP contribution < -0.4 is 15.9 Å². The number of aliphatic carboxylic acids is 1. The summed E-state index contributed by atoms with van der Waals surface area (Å²) in [6, 6.07) is 3.86. The van der Waals surface area contributed by atoms with Crippen molar-refractivity contribution >= 4 is 23.4 Å². The summed E-state index contributed by atoms with van der Waals surface area (Å²) >= 11 is 0. The molecule has 0 fully saturated rings. The molecule has 0 bridgehead atoms. The van der Waals surface area contributed by atoms with Gasteiger partial charge >= 0.3 is 12.0 Å². The normalized spacial score (nSPS) is 11.5. The standard InChI is InChI=1S/C10H12N3O5/c1-6(9(14)15)11-10(16)12-7-4-2-3-5-8(7)13(17)18/h2-6,17H,1H3,(H,14,15)(H2,11,12,16)/q-1/t6-/m0/s1. The Morgan fingerprint density at radius 1 is 1.39 bits per heavy atom. The Hall–Kier alpha value is -2.32. The maximum Gasteiger partial charge on any atom is 0.325 e. The smallest absolute Gasteiger partial charge is 0.325 e. The number of urea groups is 1. The first kappa shape index (κ1) is 13.7. The average molecular weight is 254 g/mol. The van der Waals surface area contributed by atoms with Crippen LogP contribution in [-0.2, 0) is 4.79 Å². The van der Waals surface area contributed by atoms with Crippen LogP contribution >= 0.6 is 0 Å². The van der Waals surface area contributed by atoms with Crippen LogP contribution in [0.25, 0.3) is 0 Å². The molecule has 0 aliphatic carbocycles.